The van der Waals surface area contributed by atoms with Crippen LogP contribution in [-0.4, -0.2) is 34.8 Å². The van der Waals surface area contributed by atoms with E-state index in [9.17, 15) is 9.59 Å². The molecule has 0 aromatic carbocycles. The Morgan fingerprint density at radius 2 is 2.29 bits per heavy atom. The number of carbonyl (C=O) groups is 2. The van der Waals surface area contributed by atoms with E-state index >= 15 is 0 Å². The topological polar surface area (TPSA) is 62.3 Å². The van der Waals surface area contributed by atoms with Gasteiger partial charge in [0.1, 0.15) is 5.82 Å². The zero-order chi connectivity index (χ0) is 21.6. The molecule has 0 spiro atoms. The highest BCUT2D eigenvalue weighted by Gasteiger charge is 2.48. The first-order valence-corrected chi connectivity index (χ1v) is 11.9. The Hall–Kier alpha value is -2.73. The van der Waals surface area contributed by atoms with Gasteiger partial charge in [-0.2, -0.15) is 0 Å². The van der Waals surface area contributed by atoms with E-state index < -0.39 is 0 Å². The summed E-state index contributed by atoms with van der Waals surface area (Å²) >= 11 is 1.80. The number of hydrogen-bond acceptors (Lipinski definition) is 4. The van der Waals surface area contributed by atoms with Gasteiger partial charge >= 0.3 is 0 Å². The van der Waals surface area contributed by atoms with Gasteiger partial charge < -0.3 is 10.2 Å². The average Bonchev–Trinajstić information content (AvgIpc) is 3.44. The van der Waals surface area contributed by atoms with E-state index in [4.69, 9.17) is 0 Å². The quantitative estimate of drug-likeness (QED) is 0.712. The number of aryl methyl sites for hydroxylation is 2. The van der Waals surface area contributed by atoms with Gasteiger partial charge in [-0.05, 0) is 78.0 Å². The number of thiophene rings is 1. The lowest BCUT2D eigenvalue weighted by molar-refractivity contribution is -0.125. The zero-order valence-corrected chi connectivity index (χ0v) is 18.8. The van der Waals surface area contributed by atoms with Crippen LogP contribution in [0.15, 0.2) is 35.9 Å². The van der Waals surface area contributed by atoms with Crippen LogP contribution in [0.5, 0.6) is 0 Å². The Kier molecular flexibility index (Phi) is 5.05. The monoisotopic (exact) mass is 433 g/mol. The highest BCUT2D eigenvalue weighted by molar-refractivity contribution is 7.10. The van der Waals surface area contributed by atoms with Crippen molar-refractivity contribution in [2.24, 2.45) is 11.3 Å². The molecule has 0 radical (unpaired) electrons. The number of anilines is 1. The first kappa shape index (κ1) is 20.2. The lowest BCUT2D eigenvalue weighted by atomic mass is 9.79. The molecule has 2 aromatic rings. The van der Waals surface area contributed by atoms with Crippen LogP contribution in [0, 0.1) is 18.3 Å². The highest BCUT2D eigenvalue weighted by atomic mass is 32.1. The van der Waals surface area contributed by atoms with Crippen molar-refractivity contribution in [3.63, 3.8) is 0 Å². The molecule has 2 aliphatic heterocycles. The van der Waals surface area contributed by atoms with E-state index in [0.717, 1.165) is 37.1 Å². The number of carbonyl (C=O) groups excluding carboxylic acids is 2. The fourth-order valence-electron chi connectivity index (χ4n) is 5.31. The van der Waals surface area contributed by atoms with Gasteiger partial charge in [0.25, 0.3) is 0 Å². The fourth-order valence-corrected chi connectivity index (χ4v) is 6.05. The normalized spacial score (nSPS) is 24.8. The van der Waals surface area contributed by atoms with Gasteiger partial charge in [-0.25, -0.2) is 4.98 Å². The Labute approximate surface area is 186 Å². The number of nitrogens with one attached hydrogen (secondary N) is 1. The van der Waals surface area contributed by atoms with Gasteiger partial charge in [0, 0.05) is 42.1 Å². The predicted octanol–water partition coefficient (Wildman–Crippen LogP) is 4.69. The third-order valence-corrected chi connectivity index (χ3v) is 7.97. The molecule has 2 unspecified atom stereocenters. The van der Waals surface area contributed by atoms with Gasteiger partial charge in [0.2, 0.25) is 11.8 Å². The SMILES string of the molecule is CCC12C=C(c3ccsc3C)CC1CN(C(=O)/C=C/c1cnc3c(c1)CCC(=O)N3)C2. The van der Waals surface area contributed by atoms with E-state index in [1.165, 1.54) is 16.0 Å². The maximum absolute atomic E-state index is 12.9. The Morgan fingerprint density at radius 1 is 1.42 bits per heavy atom. The summed E-state index contributed by atoms with van der Waals surface area (Å²) in [4.78, 5) is 32.2. The van der Waals surface area contributed by atoms with Crippen LogP contribution in [0.1, 0.15) is 47.8 Å². The van der Waals surface area contributed by atoms with Crippen molar-refractivity contribution in [1.82, 2.24) is 9.88 Å². The molecule has 4 heterocycles. The highest BCUT2D eigenvalue weighted by Crippen LogP contribution is 2.52. The lowest BCUT2D eigenvalue weighted by Gasteiger charge is -2.25. The van der Waals surface area contributed by atoms with E-state index in [1.54, 1.807) is 23.6 Å². The lowest BCUT2D eigenvalue weighted by Crippen LogP contribution is -2.29. The molecule has 2 amide bonds. The molecule has 160 valence electrons. The van der Waals surface area contributed by atoms with E-state index in [0.29, 0.717) is 24.6 Å². The van der Waals surface area contributed by atoms with Gasteiger partial charge in [-0.15, -0.1) is 11.3 Å². The number of allylic oxidation sites excluding steroid dienone is 1. The van der Waals surface area contributed by atoms with Crippen LogP contribution in [0.3, 0.4) is 0 Å². The summed E-state index contributed by atoms with van der Waals surface area (Å²) in [6.07, 6.45) is 11.0. The Morgan fingerprint density at radius 3 is 3.03 bits per heavy atom. The molecule has 0 bridgehead atoms. The minimum Gasteiger partial charge on any atom is -0.338 e. The molecule has 1 fully saturated rings. The number of likely N-dealkylation sites (tertiary alicyclic amines) is 1. The number of hydrogen-bond donors (Lipinski definition) is 1. The first-order valence-electron chi connectivity index (χ1n) is 11.0. The van der Waals surface area contributed by atoms with E-state index in [2.05, 4.69) is 41.7 Å². The van der Waals surface area contributed by atoms with Crippen LogP contribution in [-0.2, 0) is 16.0 Å². The zero-order valence-electron chi connectivity index (χ0n) is 18.0. The van der Waals surface area contributed by atoms with Gasteiger partial charge in [0.15, 0.2) is 0 Å². The van der Waals surface area contributed by atoms with Crippen LogP contribution in [0.4, 0.5) is 5.82 Å². The van der Waals surface area contributed by atoms with Crippen molar-refractivity contribution in [2.45, 2.75) is 39.5 Å². The number of amides is 2. The third-order valence-electron chi connectivity index (χ3n) is 7.13. The minimum atomic E-state index is 0.00858. The number of fused-ring (bicyclic) bond motifs is 2. The second-order valence-electron chi connectivity index (χ2n) is 8.92. The van der Waals surface area contributed by atoms with Gasteiger partial charge in [-0.3, -0.25) is 9.59 Å². The molecule has 2 aromatic heterocycles. The summed E-state index contributed by atoms with van der Waals surface area (Å²) in [6, 6.07) is 4.25. The third kappa shape index (κ3) is 3.63. The fraction of sp³-hybridized carbons (Fsp3) is 0.400. The molecule has 1 N–H and O–H groups in total. The van der Waals surface area contributed by atoms with Crippen LogP contribution in [0.2, 0.25) is 0 Å². The average molecular weight is 434 g/mol. The standard InChI is InChI=1S/C25H27N3O2S/c1-3-25-12-19(21-8-9-31-16(21)2)11-20(25)14-28(15-25)23(30)7-4-17-10-18-5-6-22(29)27-24(18)26-13-17/h4,7-10,12-13,20H,3,5-6,11,14-15H2,1-2H3,(H,26,27,29)/b7-4+. The van der Waals surface area contributed by atoms with Crippen LogP contribution < -0.4 is 5.32 Å². The van der Waals surface area contributed by atoms with Crippen LogP contribution in [0.25, 0.3) is 11.6 Å². The molecule has 0 saturated carbocycles. The summed E-state index contributed by atoms with van der Waals surface area (Å²) in [5.41, 5.74) is 4.86. The molecule has 5 nitrogen and oxygen atoms in total. The van der Waals surface area contributed by atoms with Crippen molar-refractivity contribution in [1.29, 1.82) is 0 Å². The summed E-state index contributed by atoms with van der Waals surface area (Å²) in [5, 5.41) is 4.96. The number of nitrogens with zero attached hydrogens (tertiary/aromatic N) is 2. The summed E-state index contributed by atoms with van der Waals surface area (Å²) in [7, 11) is 0. The molecule has 6 heteroatoms. The van der Waals surface area contributed by atoms with Crippen LogP contribution >= 0.6 is 11.3 Å². The smallest absolute Gasteiger partial charge is 0.246 e. The molecule has 2 atom stereocenters. The number of rotatable bonds is 4. The Balaban J connectivity index is 1.29. The van der Waals surface area contributed by atoms with Gasteiger partial charge in [-0.1, -0.05) is 13.0 Å². The summed E-state index contributed by atoms with van der Waals surface area (Å²) in [6.45, 7) is 6.04. The predicted molar refractivity (Wildman–Crippen MR) is 125 cm³/mol. The second kappa shape index (κ2) is 7.75. The van der Waals surface area contributed by atoms with Crippen molar-refractivity contribution in [2.75, 3.05) is 18.4 Å². The minimum absolute atomic E-state index is 0.00858. The van der Waals surface area contributed by atoms with Crippen molar-refractivity contribution in [3.05, 3.63) is 57.4 Å². The largest absolute Gasteiger partial charge is 0.338 e. The van der Waals surface area contributed by atoms with Gasteiger partial charge in [0.05, 0.1) is 0 Å². The van der Waals surface area contributed by atoms with Crippen molar-refractivity contribution < 1.29 is 9.59 Å². The molecule has 1 saturated heterocycles. The molecule has 1 aliphatic carbocycles. The molecule has 31 heavy (non-hydrogen) atoms. The number of pyridine rings is 1. The molecular formula is C25H27N3O2S. The Bertz CT molecular complexity index is 1120. The van der Waals surface area contributed by atoms with E-state index in [1.807, 2.05) is 17.0 Å². The number of aromatic nitrogens is 1. The van der Waals surface area contributed by atoms with E-state index in [-0.39, 0.29) is 17.2 Å². The molecular weight excluding hydrogens is 406 g/mol. The van der Waals surface area contributed by atoms with Crippen molar-refractivity contribution in [3.8, 4) is 0 Å². The molecule has 3 aliphatic rings. The summed E-state index contributed by atoms with van der Waals surface area (Å²) in [5.74, 6) is 1.21. The first-order chi connectivity index (χ1) is 15.0. The molecule has 5 rings (SSSR count). The maximum Gasteiger partial charge on any atom is 0.246 e. The second-order valence-corrected chi connectivity index (χ2v) is 10.0. The summed E-state index contributed by atoms with van der Waals surface area (Å²) < 4.78 is 0. The maximum atomic E-state index is 12.9. The van der Waals surface area contributed by atoms with Crippen molar-refractivity contribution >= 4 is 40.6 Å².